The molecule has 0 spiro atoms. The van der Waals surface area contributed by atoms with Crippen molar-refractivity contribution in [1.82, 2.24) is 20.1 Å². The summed E-state index contributed by atoms with van der Waals surface area (Å²) in [6.07, 6.45) is 9.99. The molecule has 1 fully saturated rings. The van der Waals surface area contributed by atoms with Crippen LogP contribution in [0.4, 0.5) is 0 Å². The minimum atomic E-state index is 0.262. The fourth-order valence-electron chi connectivity index (χ4n) is 3.12. The fraction of sp³-hybridized carbons (Fsp3) is 0.471. The van der Waals surface area contributed by atoms with E-state index >= 15 is 0 Å². The molecule has 1 atom stereocenters. The van der Waals surface area contributed by atoms with E-state index in [1.807, 2.05) is 29.3 Å². The molecular weight excluding hydrogens is 276 g/mol. The van der Waals surface area contributed by atoms with Crippen molar-refractivity contribution in [2.45, 2.75) is 32.1 Å². The summed E-state index contributed by atoms with van der Waals surface area (Å²) < 4.78 is 0. The zero-order valence-corrected chi connectivity index (χ0v) is 12.7. The number of H-pyrrole nitrogens is 1. The van der Waals surface area contributed by atoms with E-state index in [2.05, 4.69) is 15.2 Å². The Morgan fingerprint density at radius 2 is 2.32 bits per heavy atom. The Bertz CT molecular complexity index is 582. The standard InChI is InChI=1S/C17H22N4O/c22-17(6-5-14-3-1-8-18-12-14)21-10-2-4-15(13-21)11-16-7-9-19-20-16/h1,3,7-9,12,15H,2,4-6,10-11,13H2,(H,19,20). The van der Waals surface area contributed by atoms with E-state index in [1.54, 1.807) is 12.4 Å². The fourth-order valence-corrected chi connectivity index (χ4v) is 3.12. The summed E-state index contributed by atoms with van der Waals surface area (Å²) in [7, 11) is 0. The minimum absolute atomic E-state index is 0.262. The Kier molecular flexibility index (Phi) is 4.83. The van der Waals surface area contributed by atoms with Crippen molar-refractivity contribution < 1.29 is 4.79 Å². The minimum Gasteiger partial charge on any atom is -0.342 e. The molecule has 3 rings (SSSR count). The number of rotatable bonds is 5. The van der Waals surface area contributed by atoms with Gasteiger partial charge in [-0.3, -0.25) is 14.9 Å². The summed E-state index contributed by atoms with van der Waals surface area (Å²) in [5.41, 5.74) is 2.29. The molecule has 1 N–H and O–H groups in total. The first kappa shape index (κ1) is 14.8. The van der Waals surface area contributed by atoms with Crippen molar-refractivity contribution in [2.24, 2.45) is 5.92 Å². The highest BCUT2D eigenvalue weighted by Crippen LogP contribution is 2.21. The van der Waals surface area contributed by atoms with Crippen molar-refractivity contribution in [1.29, 1.82) is 0 Å². The van der Waals surface area contributed by atoms with Gasteiger partial charge in [0.05, 0.1) is 0 Å². The highest BCUT2D eigenvalue weighted by Gasteiger charge is 2.23. The van der Waals surface area contributed by atoms with Crippen molar-refractivity contribution in [3.05, 3.63) is 48.0 Å². The number of aromatic amines is 1. The van der Waals surface area contributed by atoms with Crippen LogP contribution in [-0.4, -0.2) is 39.1 Å². The first-order valence-corrected chi connectivity index (χ1v) is 7.96. The molecule has 0 radical (unpaired) electrons. The van der Waals surface area contributed by atoms with E-state index in [9.17, 15) is 4.79 Å². The van der Waals surface area contributed by atoms with E-state index in [4.69, 9.17) is 0 Å². The first-order chi connectivity index (χ1) is 10.8. The van der Waals surface area contributed by atoms with Gasteiger partial charge in [-0.05, 0) is 49.3 Å². The van der Waals surface area contributed by atoms with Gasteiger partial charge in [0.1, 0.15) is 0 Å². The van der Waals surface area contributed by atoms with Crippen LogP contribution in [0.3, 0.4) is 0 Å². The molecule has 0 aromatic carbocycles. The van der Waals surface area contributed by atoms with E-state index in [1.165, 1.54) is 6.42 Å². The van der Waals surface area contributed by atoms with Gasteiger partial charge >= 0.3 is 0 Å². The van der Waals surface area contributed by atoms with Crippen LogP contribution in [0, 0.1) is 5.92 Å². The monoisotopic (exact) mass is 298 g/mol. The number of amides is 1. The second kappa shape index (κ2) is 7.20. The van der Waals surface area contributed by atoms with Gasteiger partial charge in [0.15, 0.2) is 0 Å². The number of hydrogen-bond donors (Lipinski definition) is 1. The molecule has 3 heterocycles. The van der Waals surface area contributed by atoms with Crippen molar-refractivity contribution in [2.75, 3.05) is 13.1 Å². The number of likely N-dealkylation sites (tertiary alicyclic amines) is 1. The SMILES string of the molecule is O=C(CCc1cccnc1)N1CCCC(Cc2ccn[nH]2)C1. The number of pyridine rings is 1. The van der Waals surface area contributed by atoms with Crippen LogP contribution in [0.15, 0.2) is 36.8 Å². The average molecular weight is 298 g/mol. The molecule has 2 aromatic rings. The van der Waals surface area contributed by atoms with Gasteiger partial charge in [0, 0.05) is 43.8 Å². The Morgan fingerprint density at radius 3 is 3.09 bits per heavy atom. The maximum Gasteiger partial charge on any atom is 0.222 e. The molecule has 1 saturated heterocycles. The predicted molar refractivity (Wildman–Crippen MR) is 84.2 cm³/mol. The molecule has 2 aromatic heterocycles. The molecule has 0 saturated carbocycles. The molecular formula is C17H22N4O. The molecule has 5 nitrogen and oxygen atoms in total. The Labute approximate surface area is 130 Å². The third-order valence-corrected chi connectivity index (χ3v) is 4.29. The predicted octanol–water partition coefficient (Wildman–Crippen LogP) is 2.22. The molecule has 1 aliphatic rings. The lowest BCUT2D eigenvalue weighted by atomic mass is 9.93. The highest BCUT2D eigenvalue weighted by molar-refractivity contribution is 5.76. The zero-order valence-electron chi connectivity index (χ0n) is 12.7. The van der Waals surface area contributed by atoms with E-state index in [0.29, 0.717) is 12.3 Å². The normalized spacial score (nSPS) is 18.4. The molecule has 1 aliphatic heterocycles. The topological polar surface area (TPSA) is 61.9 Å². The van der Waals surface area contributed by atoms with E-state index in [0.717, 1.165) is 43.6 Å². The third kappa shape index (κ3) is 3.93. The van der Waals surface area contributed by atoms with Crippen LogP contribution in [0.1, 0.15) is 30.5 Å². The van der Waals surface area contributed by atoms with Crippen LogP contribution in [0.2, 0.25) is 0 Å². The molecule has 1 unspecified atom stereocenters. The molecule has 22 heavy (non-hydrogen) atoms. The number of nitrogens with zero attached hydrogens (tertiary/aromatic N) is 3. The first-order valence-electron chi connectivity index (χ1n) is 7.96. The number of piperidine rings is 1. The van der Waals surface area contributed by atoms with Gasteiger partial charge in [0.2, 0.25) is 5.91 Å². The number of aryl methyl sites for hydroxylation is 1. The number of nitrogens with one attached hydrogen (secondary N) is 1. The van der Waals surface area contributed by atoms with Gasteiger partial charge in [-0.2, -0.15) is 5.10 Å². The Balaban J connectivity index is 1.49. The second-order valence-corrected chi connectivity index (χ2v) is 6.00. The zero-order chi connectivity index (χ0) is 15.2. The van der Waals surface area contributed by atoms with Crippen LogP contribution in [-0.2, 0) is 17.6 Å². The van der Waals surface area contributed by atoms with Gasteiger partial charge < -0.3 is 4.90 Å². The number of carbonyl (C=O) groups is 1. The quantitative estimate of drug-likeness (QED) is 0.920. The van der Waals surface area contributed by atoms with Gasteiger partial charge in [0.25, 0.3) is 0 Å². The second-order valence-electron chi connectivity index (χ2n) is 6.00. The summed E-state index contributed by atoms with van der Waals surface area (Å²) in [6.45, 7) is 1.76. The Hall–Kier alpha value is -2.17. The van der Waals surface area contributed by atoms with Crippen LogP contribution >= 0.6 is 0 Å². The summed E-state index contributed by atoms with van der Waals surface area (Å²) in [5, 5.41) is 7.01. The van der Waals surface area contributed by atoms with Crippen molar-refractivity contribution >= 4 is 5.91 Å². The number of hydrogen-bond acceptors (Lipinski definition) is 3. The lowest BCUT2D eigenvalue weighted by Gasteiger charge is -2.32. The van der Waals surface area contributed by atoms with Crippen molar-refractivity contribution in [3.8, 4) is 0 Å². The lowest BCUT2D eigenvalue weighted by molar-refractivity contribution is -0.133. The summed E-state index contributed by atoms with van der Waals surface area (Å²) in [4.78, 5) is 18.5. The Morgan fingerprint density at radius 1 is 1.36 bits per heavy atom. The molecule has 1 amide bonds. The molecule has 116 valence electrons. The summed E-state index contributed by atoms with van der Waals surface area (Å²) in [6, 6.07) is 5.96. The maximum atomic E-state index is 12.4. The van der Waals surface area contributed by atoms with Crippen LogP contribution < -0.4 is 0 Å². The van der Waals surface area contributed by atoms with E-state index < -0.39 is 0 Å². The molecule has 0 aliphatic carbocycles. The van der Waals surface area contributed by atoms with Crippen LogP contribution in [0.5, 0.6) is 0 Å². The summed E-state index contributed by atoms with van der Waals surface area (Å²) >= 11 is 0. The number of carbonyl (C=O) groups excluding carboxylic acids is 1. The number of aromatic nitrogens is 3. The summed E-state index contributed by atoms with van der Waals surface area (Å²) in [5.74, 6) is 0.801. The molecule has 5 heteroatoms. The highest BCUT2D eigenvalue weighted by atomic mass is 16.2. The van der Waals surface area contributed by atoms with Crippen molar-refractivity contribution in [3.63, 3.8) is 0 Å². The van der Waals surface area contributed by atoms with Gasteiger partial charge in [-0.15, -0.1) is 0 Å². The largest absolute Gasteiger partial charge is 0.342 e. The molecule has 0 bridgehead atoms. The third-order valence-electron chi connectivity index (χ3n) is 4.29. The average Bonchev–Trinajstić information content (AvgIpc) is 3.07. The maximum absolute atomic E-state index is 12.4. The smallest absolute Gasteiger partial charge is 0.222 e. The van der Waals surface area contributed by atoms with Gasteiger partial charge in [-0.25, -0.2) is 0 Å². The van der Waals surface area contributed by atoms with Gasteiger partial charge in [-0.1, -0.05) is 6.07 Å². The van der Waals surface area contributed by atoms with E-state index in [-0.39, 0.29) is 5.91 Å². The van der Waals surface area contributed by atoms with Crippen LogP contribution in [0.25, 0.3) is 0 Å². The lowest BCUT2D eigenvalue weighted by Crippen LogP contribution is -2.40.